The summed E-state index contributed by atoms with van der Waals surface area (Å²) in [5, 5.41) is 15.4. The summed E-state index contributed by atoms with van der Waals surface area (Å²) in [6.45, 7) is 1.44. The zero-order valence-corrected chi connectivity index (χ0v) is 17.5. The summed E-state index contributed by atoms with van der Waals surface area (Å²) < 4.78 is 16.8. The van der Waals surface area contributed by atoms with Crippen LogP contribution in [0.1, 0.15) is 12.0 Å². The summed E-state index contributed by atoms with van der Waals surface area (Å²) in [6, 6.07) is 11.5. The largest absolute Gasteiger partial charge is 0.494 e. The Balaban J connectivity index is 1.29. The fourth-order valence-corrected chi connectivity index (χ4v) is 4.93. The summed E-state index contributed by atoms with van der Waals surface area (Å²) in [5.74, 6) is 1.63. The highest BCUT2D eigenvalue weighted by molar-refractivity contribution is 7.17. The topological polar surface area (TPSA) is 68.2 Å². The highest BCUT2D eigenvalue weighted by Gasteiger charge is 2.26. The molecule has 1 N–H and O–H groups in total. The van der Waals surface area contributed by atoms with Gasteiger partial charge in [0.15, 0.2) is 17.6 Å². The van der Waals surface area contributed by atoms with Gasteiger partial charge in [0.25, 0.3) is 0 Å². The van der Waals surface area contributed by atoms with E-state index in [4.69, 9.17) is 19.3 Å². The lowest BCUT2D eigenvalue weighted by molar-refractivity contribution is -0.148. The second-order valence-corrected chi connectivity index (χ2v) is 8.34. The van der Waals surface area contributed by atoms with Crippen LogP contribution in [0.25, 0.3) is 0 Å². The van der Waals surface area contributed by atoms with E-state index >= 15 is 0 Å². The van der Waals surface area contributed by atoms with E-state index in [0.29, 0.717) is 13.0 Å². The molecule has 0 saturated carbocycles. The van der Waals surface area contributed by atoms with Gasteiger partial charge in [0.2, 0.25) is 0 Å². The third-order valence-corrected chi connectivity index (χ3v) is 6.46. The molecular weight excluding hydrogens is 410 g/mol. The van der Waals surface area contributed by atoms with Crippen LogP contribution in [0, 0.1) is 0 Å². The Morgan fingerprint density at radius 2 is 1.76 bits per heavy atom. The molecular formula is C21H21NO5S2. The van der Waals surface area contributed by atoms with Crippen molar-refractivity contribution in [1.29, 1.82) is 0 Å². The number of nitrogens with zero attached hydrogens (tertiary/aromatic N) is 1. The molecule has 0 fully saturated rings. The van der Waals surface area contributed by atoms with Crippen molar-refractivity contribution >= 4 is 38.6 Å². The molecule has 3 heterocycles. The van der Waals surface area contributed by atoms with Crippen LogP contribution < -0.4 is 14.4 Å². The Hall–Kier alpha value is -2.55. The molecule has 0 aliphatic carbocycles. The van der Waals surface area contributed by atoms with Crippen molar-refractivity contribution in [1.82, 2.24) is 0 Å². The molecule has 0 saturated heterocycles. The fourth-order valence-electron chi connectivity index (χ4n) is 3.16. The second-order valence-electron chi connectivity index (χ2n) is 6.55. The zero-order chi connectivity index (χ0) is 20.2. The van der Waals surface area contributed by atoms with Gasteiger partial charge >= 0.3 is 5.97 Å². The fraction of sp³-hybridized carbons (Fsp3) is 0.286. The van der Waals surface area contributed by atoms with E-state index < -0.39 is 12.1 Å². The summed E-state index contributed by atoms with van der Waals surface area (Å²) in [5.41, 5.74) is 0.898. The van der Waals surface area contributed by atoms with Crippen LogP contribution >= 0.6 is 22.7 Å². The van der Waals surface area contributed by atoms with Gasteiger partial charge in [-0.1, -0.05) is 12.1 Å². The van der Waals surface area contributed by atoms with E-state index in [0.717, 1.165) is 45.8 Å². The van der Waals surface area contributed by atoms with Crippen LogP contribution in [-0.2, 0) is 16.0 Å². The number of rotatable bonds is 9. The normalized spacial score (nSPS) is 13.3. The lowest BCUT2D eigenvalue weighted by Crippen LogP contribution is -2.24. The van der Waals surface area contributed by atoms with E-state index in [1.54, 1.807) is 22.7 Å². The number of benzene rings is 1. The Kier molecular flexibility index (Phi) is 6.03. The van der Waals surface area contributed by atoms with Crippen LogP contribution in [-0.4, -0.2) is 37.4 Å². The number of fused-ring (bicyclic) bond motifs is 2. The predicted octanol–water partition coefficient (Wildman–Crippen LogP) is 5.16. The van der Waals surface area contributed by atoms with Gasteiger partial charge < -0.3 is 24.2 Å². The first-order valence-electron chi connectivity index (χ1n) is 9.23. The molecule has 1 aliphatic rings. The van der Waals surface area contributed by atoms with Crippen molar-refractivity contribution in [2.45, 2.75) is 18.9 Å². The van der Waals surface area contributed by atoms with Crippen molar-refractivity contribution in [2.75, 3.05) is 25.2 Å². The number of anilines is 2. The molecule has 8 heteroatoms. The van der Waals surface area contributed by atoms with E-state index in [1.807, 2.05) is 47.2 Å². The molecule has 3 aromatic rings. The molecule has 6 nitrogen and oxygen atoms in total. The average Bonchev–Trinajstić information content (AvgIpc) is 3.38. The van der Waals surface area contributed by atoms with Crippen molar-refractivity contribution < 1.29 is 24.1 Å². The number of carboxylic acid groups (broad SMARTS) is 1. The Bertz CT molecular complexity index is 925. The molecule has 0 radical (unpaired) electrons. The maximum absolute atomic E-state index is 11.1. The zero-order valence-electron chi connectivity index (χ0n) is 15.9. The van der Waals surface area contributed by atoms with Crippen LogP contribution in [0.15, 0.2) is 47.2 Å². The van der Waals surface area contributed by atoms with E-state index in [9.17, 15) is 4.79 Å². The van der Waals surface area contributed by atoms with Gasteiger partial charge in [0.05, 0.1) is 6.61 Å². The molecule has 1 aromatic carbocycles. The Labute approximate surface area is 176 Å². The van der Waals surface area contributed by atoms with Crippen LogP contribution in [0.5, 0.6) is 17.2 Å². The van der Waals surface area contributed by atoms with E-state index in [2.05, 4.69) is 4.90 Å². The van der Waals surface area contributed by atoms with Crippen LogP contribution in [0.4, 0.5) is 10.0 Å². The van der Waals surface area contributed by atoms with Crippen molar-refractivity contribution in [3.8, 4) is 17.2 Å². The first-order chi connectivity index (χ1) is 14.2. The number of methoxy groups -OCH3 is 1. The highest BCUT2D eigenvalue weighted by atomic mass is 32.1. The van der Waals surface area contributed by atoms with Gasteiger partial charge in [-0.2, -0.15) is 0 Å². The summed E-state index contributed by atoms with van der Waals surface area (Å²) >= 11 is 3.36. The molecule has 152 valence electrons. The third kappa shape index (κ3) is 4.39. The molecule has 0 spiro atoms. The number of aliphatic carboxylic acids is 1. The van der Waals surface area contributed by atoms with Crippen molar-refractivity contribution in [3.05, 3.63) is 52.7 Å². The Morgan fingerprint density at radius 1 is 1.10 bits per heavy atom. The number of hydrogen-bond donors (Lipinski definition) is 1. The summed E-state index contributed by atoms with van der Waals surface area (Å²) in [7, 11) is 1.41. The quantitative estimate of drug-likeness (QED) is 0.472. The minimum Gasteiger partial charge on any atom is -0.494 e. The maximum atomic E-state index is 11.1. The highest BCUT2D eigenvalue weighted by Crippen LogP contribution is 2.51. The van der Waals surface area contributed by atoms with Gasteiger partial charge in [-0.3, -0.25) is 0 Å². The van der Waals surface area contributed by atoms with Crippen molar-refractivity contribution in [2.24, 2.45) is 0 Å². The van der Waals surface area contributed by atoms with E-state index in [1.165, 1.54) is 7.11 Å². The third-order valence-electron chi connectivity index (χ3n) is 4.63. The summed E-state index contributed by atoms with van der Waals surface area (Å²) in [4.78, 5) is 13.4. The summed E-state index contributed by atoms with van der Waals surface area (Å²) in [6.07, 6.45) is 0.357. The molecule has 0 amide bonds. The number of carbonyl (C=O) groups is 1. The molecule has 1 aliphatic heterocycles. The molecule has 1 atom stereocenters. The molecule has 0 bridgehead atoms. The number of hydrogen-bond acceptors (Lipinski definition) is 7. The molecule has 1 unspecified atom stereocenters. The Morgan fingerprint density at radius 3 is 2.34 bits per heavy atom. The van der Waals surface area contributed by atoms with Crippen LogP contribution in [0.2, 0.25) is 0 Å². The first kappa shape index (κ1) is 19.8. The maximum Gasteiger partial charge on any atom is 0.333 e. The first-order valence-corrected chi connectivity index (χ1v) is 11.0. The van der Waals surface area contributed by atoms with Crippen LogP contribution in [0.3, 0.4) is 0 Å². The lowest BCUT2D eigenvalue weighted by atomic mass is 10.1. The minimum atomic E-state index is -0.960. The minimum absolute atomic E-state index is 0.329. The lowest BCUT2D eigenvalue weighted by Gasteiger charge is -2.27. The molecule has 2 aromatic heterocycles. The molecule has 4 rings (SSSR count). The van der Waals surface area contributed by atoms with Crippen molar-refractivity contribution in [3.63, 3.8) is 0 Å². The second kappa shape index (κ2) is 8.86. The standard InChI is InChI=1S/C21H21NO5S2/c1-25-18(21(23)24)13-14-3-5-15(6-4-14)26-10-2-9-22-19-16(7-11-28-19)27-17-8-12-29-20(17)22/h3-8,11-12,18H,2,9-10,13H2,1H3,(H,23,24). The predicted molar refractivity (Wildman–Crippen MR) is 114 cm³/mol. The van der Waals surface area contributed by atoms with Gasteiger partial charge in [-0.05, 0) is 47.0 Å². The number of ether oxygens (including phenoxy) is 3. The molecule has 29 heavy (non-hydrogen) atoms. The SMILES string of the molecule is COC(Cc1ccc(OCCCN2c3sccc3Oc3ccsc32)cc1)C(=O)O. The smallest absolute Gasteiger partial charge is 0.333 e. The number of thiophene rings is 2. The van der Waals surface area contributed by atoms with Gasteiger partial charge in [0, 0.05) is 20.1 Å². The number of carboxylic acids is 1. The van der Waals surface area contributed by atoms with Gasteiger partial charge in [-0.25, -0.2) is 4.79 Å². The average molecular weight is 432 g/mol. The van der Waals surface area contributed by atoms with Gasteiger partial charge in [-0.15, -0.1) is 22.7 Å². The monoisotopic (exact) mass is 431 g/mol. The van der Waals surface area contributed by atoms with Gasteiger partial charge in [0.1, 0.15) is 15.8 Å². The van der Waals surface area contributed by atoms with E-state index in [-0.39, 0.29) is 0 Å².